The van der Waals surface area contributed by atoms with Crippen molar-refractivity contribution in [2.75, 3.05) is 13.1 Å². The number of nitrogens with zero attached hydrogens (tertiary/aromatic N) is 1. The maximum absolute atomic E-state index is 5.79. The van der Waals surface area contributed by atoms with Gasteiger partial charge >= 0.3 is 0 Å². The van der Waals surface area contributed by atoms with Crippen LogP contribution in [0.2, 0.25) is 0 Å². The molecule has 2 heteroatoms. The Morgan fingerprint density at radius 1 is 1.05 bits per heavy atom. The van der Waals surface area contributed by atoms with E-state index in [1.54, 1.807) is 0 Å². The van der Waals surface area contributed by atoms with Crippen LogP contribution in [-0.4, -0.2) is 24.0 Å². The number of hydrogen-bond donors (Lipinski definition) is 1. The molecule has 0 unspecified atom stereocenters. The van der Waals surface area contributed by atoms with E-state index in [0.29, 0.717) is 6.04 Å². The lowest BCUT2D eigenvalue weighted by atomic mass is 9.98. The SMILES string of the molecule is CCC(CC)N(CCN)Cc1c(C)cc(C)cc1C. The molecule has 1 aromatic carbocycles. The molecular formula is C17H30N2. The van der Waals surface area contributed by atoms with E-state index in [0.717, 1.165) is 19.6 Å². The van der Waals surface area contributed by atoms with Crippen molar-refractivity contribution in [2.45, 2.75) is 60.0 Å². The summed E-state index contributed by atoms with van der Waals surface area (Å²) in [4.78, 5) is 2.55. The second kappa shape index (κ2) is 7.66. The molecule has 0 fully saturated rings. The topological polar surface area (TPSA) is 29.3 Å². The second-order valence-corrected chi connectivity index (χ2v) is 5.61. The zero-order valence-electron chi connectivity index (χ0n) is 13.3. The molecule has 0 aliphatic heterocycles. The van der Waals surface area contributed by atoms with Gasteiger partial charge in [-0.3, -0.25) is 4.90 Å². The highest BCUT2D eigenvalue weighted by atomic mass is 15.2. The Morgan fingerprint density at radius 3 is 2.00 bits per heavy atom. The van der Waals surface area contributed by atoms with E-state index in [9.17, 15) is 0 Å². The molecule has 1 aromatic rings. The molecule has 0 heterocycles. The zero-order valence-corrected chi connectivity index (χ0v) is 13.3. The summed E-state index contributed by atoms with van der Waals surface area (Å²) in [5.41, 5.74) is 11.4. The highest BCUT2D eigenvalue weighted by molar-refractivity contribution is 5.37. The first-order valence-electron chi connectivity index (χ1n) is 7.54. The van der Waals surface area contributed by atoms with Gasteiger partial charge in [-0.15, -0.1) is 0 Å². The van der Waals surface area contributed by atoms with Crippen LogP contribution in [0.25, 0.3) is 0 Å². The minimum Gasteiger partial charge on any atom is -0.329 e. The summed E-state index contributed by atoms with van der Waals surface area (Å²) in [7, 11) is 0. The molecule has 0 aromatic heterocycles. The molecule has 0 bridgehead atoms. The fourth-order valence-corrected chi connectivity index (χ4v) is 3.02. The predicted octanol–water partition coefficient (Wildman–Crippen LogP) is 3.56. The molecule has 0 aliphatic carbocycles. The average molecular weight is 262 g/mol. The Kier molecular flexibility index (Phi) is 6.53. The highest BCUT2D eigenvalue weighted by Crippen LogP contribution is 2.20. The Morgan fingerprint density at radius 2 is 1.58 bits per heavy atom. The summed E-state index contributed by atoms with van der Waals surface area (Å²) in [5, 5.41) is 0. The third-order valence-corrected chi connectivity index (χ3v) is 4.08. The third-order valence-electron chi connectivity index (χ3n) is 4.08. The van der Waals surface area contributed by atoms with Gasteiger partial charge in [0.2, 0.25) is 0 Å². The van der Waals surface area contributed by atoms with Gasteiger partial charge in [-0.1, -0.05) is 31.5 Å². The monoisotopic (exact) mass is 262 g/mol. The molecule has 0 amide bonds. The molecule has 19 heavy (non-hydrogen) atoms. The van der Waals surface area contributed by atoms with Crippen LogP contribution >= 0.6 is 0 Å². The first-order valence-corrected chi connectivity index (χ1v) is 7.54. The van der Waals surface area contributed by atoms with Crippen molar-refractivity contribution in [2.24, 2.45) is 5.73 Å². The largest absolute Gasteiger partial charge is 0.329 e. The number of aryl methyl sites for hydroxylation is 3. The van der Waals surface area contributed by atoms with E-state index in [2.05, 4.69) is 51.7 Å². The molecule has 108 valence electrons. The van der Waals surface area contributed by atoms with Gasteiger partial charge in [-0.25, -0.2) is 0 Å². The quantitative estimate of drug-likeness (QED) is 0.814. The van der Waals surface area contributed by atoms with Gasteiger partial charge in [0.05, 0.1) is 0 Å². The van der Waals surface area contributed by atoms with Crippen LogP contribution in [0.5, 0.6) is 0 Å². The lowest BCUT2D eigenvalue weighted by molar-refractivity contribution is 0.181. The van der Waals surface area contributed by atoms with Crippen LogP contribution < -0.4 is 5.73 Å². The summed E-state index contributed by atoms with van der Waals surface area (Å²) in [5.74, 6) is 0. The van der Waals surface area contributed by atoms with Crippen LogP contribution in [0.4, 0.5) is 0 Å². The molecule has 0 radical (unpaired) electrons. The first kappa shape index (κ1) is 16.2. The van der Waals surface area contributed by atoms with Crippen molar-refractivity contribution in [1.82, 2.24) is 4.90 Å². The number of rotatable bonds is 7. The van der Waals surface area contributed by atoms with Crippen molar-refractivity contribution in [3.63, 3.8) is 0 Å². The Labute approximate surface area is 119 Å². The Bertz CT molecular complexity index is 371. The normalized spacial score (nSPS) is 11.6. The predicted molar refractivity (Wildman–Crippen MR) is 84.5 cm³/mol. The van der Waals surface area contributed by atoms with E-state index in [1.165, 1.54) is 35.1 Å². The minimum absolute atomic E-state index is 0.642. The van der Waals surface area contributed by atoms with Crippen LogP contribution in [0, 0.1) is 20.8 Å². The summed E-state index contributed by atoms with van der Waals surface area (Å²) >= 11 is 0. The van der Waals surface area contributed by atoms with E-state index in [4.69, 9.17) is 5.73 Å². The van der Waals surface area contributed by atoms with Crippen molar-refractivity contribution in [3.8, 4) is 0 Å². The van der Waals surface area contributed by atoms with Crippen molar-refractivity contribution in [1.29, 1.82) is 0 Å². The van der Waals surface area contributed by atoms with Crippen LogP contribution in [0.3, 0.4) is 0 Å². The fourth-order valence-electron chi connectivity index (χ4n) is 3.02. The maximum Gasteiger partial charge on any atom is 0.0242 e. The van der Waals surface area contributed by atoms with E-state index < -0.39 is 0 Å². The molecule has 0 spiro atoms. The molecule has 2 nitrogen and oxygen atoms in total. The van der Waals surface area contributed by atoms with E-state index >= 15 is 0 Å². The van der Waals surface area contributed by atoms with Gasteiger partial charge in [0.25, 0.3) is 0 Å². The molecular weight excluding hydrogens is 232 g/mol. The molecule has 1 rings (SSSR count). The van der Waals surface area contributed by atoms with Crippen LogP contribution in [0.15, 0.2) is 12.1 Å². The number of nitrogens with two attached hydrogens (primary N) is 1. The molecule has 0 saturated carbocycles. The van der Waals surface area contributed by atoms with Crippen LogP contribution in [-0.2, 0) is 6.54 Å². The fraction of sp³-hybridized carbons (Fsp3) is 0.647. The van der Waals surface area contributed by atoms with Crippen molar-refractivity contribution < 1.29 is 0 Å². The highest BCUT2D eigenvalue weighted by Gasteiger charge is 2.16. The van der Waals surface area contributed by atoms with Crippen molar-refractivity contribution in [3.05, 3.63) is 34.4 Å². The van der Waals surface area contributed by atoms with E-state index in [1.807, 2.05) is 0 Å². The molecule has 0 saturated heterocycles. The number of benzene rings is 1. The zero-order chi connectivity index (χ0) is 14.4. The lowest BCUT2D eigenvalue weighted by Crippen LogP contribution is -2.38. The molecule has 2 N–H and O–H groups in total. The maximum atomic E-state index is 5.79. The van der Waals surface area contributed by atoms with E-state index in [-0.39, 0.29) is 0 Å². The van der Waals surface area contributed by atoms with Gasteiger partial charge in [0.15, 0.2) is 0 Å². The van der Waals surface area contributed by atoms with Gasteiger partial charge < -0.3 is 5.73 Å². The molecule has 0 atom stereocenters. The first-order chi connectivity index (χ1) is 9.03. The number of hydrogen-bond acceptors (Lipinski definition) is 2. The molecule has 0 aliphatic rings. The van der Waals surface area contributed by atoms with Gasteiger partial charge in [0.1, 0.15) is 0 Å². The Hall–Kier alpha value is -0.860. The summed E-state index contributed by atoms with van der Waals surface area (Å²) in [6, 6.07) is 5.22. The van der Waals surface area contributed by atoms with Crippen molar-refractivity contribution >= 4 is 0 Å². The smallest absolute Gasteiger partial charge is 0.0242 e. The van der Waals surface area contributed by atoms with Gasteiger partial charge in [0, 0.05) is 25.7 Å². The minimum atomic E-state index is 0.642. The Balaban J connectivity index is 2.96. The standard InChI is InChI=1S/C17H30N2/c1-6-16(7-2)19(9-8-18)12-17-14(4)10-13(3)11-15(17)5/h10-11,16H,6-9,12,18H2,1-5H3. The second-order valence-electron chi connectivity index (χ2n) is 5.61. The average Bonchev–Trinajstić information content (AvgIpc) is 2.34. The summed E-state index contributed by atoms with van der Waals surface area (Å²) in [6.07, 6.45) is 2.39. The summed E-state index contributed by atoms with van der Waals surface area (Å²) < 4.78 is 0. The summed E-state index contributed by atoms with van der Waals surface area (Å²) in [6.45, 7) is 13.9. The third kappa shape index (κ3) is 4.32. The van der Waals surface area contributed by atoms with Gasteiger partial charge in [-0.2, -0.15) is 0 Å². The van der Waals surface area contributed by atoms with Crippen LogP contribution in [0.1, 0.15) is 48.9 Å². The van der Waals surface area contributed by atoms with Gasteiger partial charge in [-0.05, 0) is 50.3 Å². The lowest BCUT2D eigenvalue weighted by Gasteiger charge is -2.31.